The summed E-state index contributed by atoms with van der Waals surface area (Å²) in [7, 11) is 0. The topological polar surface area (TPSA) is 91.6 Å². The minimum atomic E-state index is -0.576. The Bertz CT molecular complexity index is 847. The zero-order valence-corrected chi connectivity index (χ0v) is 16.2. The van der Waals surface area contributed by atoms with Crippen LogP contribution in [0.4, 0.5) is 0 Å². The molecule has 4 heterocycles. The first-order valence-electron chi connectivity index (χ1n) is 9.17. The predicted molar refractivity (Wildman–Crippen MR) is 99.0 cm³/mol. The second-order valence-corrected chi connectivity index (χ2v) is 8.20. The van der Waals surface area contributed by atoms with Crippen LogP contribution in [0.15, 0.2) is 16.8 Å². The number of carbonyl (C=O) groups is 2. The molecule has 0 aliphatic carbocycles. The number of aliphatic hydroxyl groups is 1. The fourth-order valence-electron chi connectivity index (χ4n) is 3.81. The molecule has 1 N–H and O–H groups in total. The molecule has 0 saturated carbocycles. The van der Waals surface area contributed by atoms with Crippen LogP contribution < -0.4 is 0 Å². The SMILES string of the molecule is CC(C)C(=O)N1CCn2c(nnc2[C@@H]2C[C@H](O)CN2C(=O)c2ccsc2)C1. The molecule has 0 bridgehead atoms. The van der Waals surface area contributed by atoms with Crippen molar-refractivity contribution in [3.8, 4) is 0 Å². The van der Waals surface area contributed by atoms with Gasteiger partial charge in [-0.15, -0.1) is 10.2 Å². The van der Waals surface area contributed by atoms with E-state index < -0.39 is 6.10 Å². The molecule has 0 spiro atoms. The van der Waals surface area contributed by atoms with Crippen LogP contribution in [0, 0.1) is 5.92 Å². The number of aromatic nitrogens is 3. The van der Waals surface area contributed by atoms with E-state index in [2.05, 4.69) is 10.2 Å². The van der Waals surface area contributed by atoms with E-state index in [1.54, 1.807) is 15.9 Å². The Morgan fingerprint density at radius 1 is 1.30 bits per heavy atom. The van der Waals surface area contributed by atoms with Crippen LogP contribution in [-0.4, -0.2) is 60.7 Å². The third kappa shape index (κ3) is 3.25. The molecule has 144 valence electrons. The van der Waals surface area contributed by atoms with Gasteiger partial charge in [0.05, 0.1) is 24.3 Å². The van der Waals surface area contributed by atoms with Gasteiger partial charge >= 0.3 is 0 Å². The summed E-state index contributed by atoms with van der Waals surface area (Å²) >= 11 is 1.47. The molecule has 0 aromatic carbocycles. The second kappa shape index (κ2) is 7.05. The van der Waals surface area contributed by atoms with Gasteiger partial charge in [-0.05, 0) is 11.4 Å². The van der Waals surface area contributed by atoms with E-state index in [9.17, 15) is 14.7 Å². The first kappa shape index (κ1) is 18.1. The third-order valence-corrected chi connectivity index (χ3v) is 5.88. The number of thiophene rings is 1. The van der Waals surface area contributed by atoms with E-state index >= 15 is 0 Å². The highest BCUT2D eigenvalue weighted by Gasteiger charge is 2.40. The summed E-state index contributed by atoms with van der Waals surface area (Å²) < 4.78 is 2.00. The van der Waals surface area contributed by atoms with E-state index in [1.165, 1.54) is 11.3 Å². The number of fused-ring (bicyclic) bond motifs is 1. The van der Waals surface area contributed by atoms with Crippen LogP contribution in [0.25, 0.3) is 0 Å². The minimum Gasteiger partial charge on any atom is -0.391 e. The standard InChI is InChI=1S/C18H23N5O3S/c1-11(2)17(25)21-4-5-22-15(9-21)19-20-16(22)14-7-13(24)8-23(14)18(26)12-3-6-27-10-12/h3,6,10-11,13-14,24H,4-5,7-9H2,1-2H3/t13-,14-/m0/s1. The van der Waals surface area contributed by atoms with Crippen molar-refractivity contribution < 1.29 is 14.7 Å². The summed E-state index contributed by atoms with van der Waals surface area (Å²) in [5.74, 6) is 1.39. The van der Waals surface area contributed by atoms with Crippen LogP contribution in [-0.2, 0) is 17.9 Å². The molecule has 1 fully saturated rings. The molecule has 8 nitrogen and oxygen atoms in total. The molecule has 27 heavy (non-hydrogen) atoms. The molecule has 2 aliphatic rings. The maximum Gasteiger partial charge on any atom is 0.255 e. The molecular formula is C18H23N5O3S. The number of hydrogen-bond acceptors (Lipinski definition) is 6. The maximum atomic E-state index is 12.9. The van der Waals surface area contributed by atoms with Gasteiger partial charge in [0.1, 0.15) is 0 Å². The Kier molecular flexibility index (Phi) is 4.73. The molecule has 2 amide bonds. The monoisotopic (exact) mass is 389 g/mol. The number of β-amino-alcohol motifs (C(OH)–C–C–N with tert-alkyl or cyclic N) is 1. The molecular weight excluding hydrogens is 366 g/mol. The van der Waals surface area contributed by atoms with Gasteiger partial charge in [-0.2, -0.15) is 11.3 Å². The molecule has 2 atom stereocenters. The Labute approximate surface area is 161 Å². The van der Waals surface area contributed by atoms with E-state index in [4.69, 9.17) is 0 Å². The average Bonchev–Trinajstić information content (AvgIpc) is 3.38. The zero-order chi connectivity index (χ0) is 19.1. The van der Waals surface area contributed by atoms with Crippen molar-refractivity contribution in [3.63, 3.8) is 0 Å². The van der Waals surface area contributed by atoms with E-state index in [0.29, 0.717) is 44.0 Å². The van der Waals surface area contributed by atoms with E-state index in [-0.39, 0.29) is 23.8 Å². The van der Waals surface area contributed by atoms with Gasteiger partial charge in [0, 0.05) is 37.4 Å². The van der Waals surface area contributed by atoms with Gasteiger partial charge in [-0.1, -0.05) is 13.8 Å². The molecule has 0 unspecified atom stereocenters. The van der Waals surface area contributed by atoms with Gasteiger partial charge in [0.25, 0.3) is 5.91 Å². The van der Waals surface area contributed by atoms with Crippen LogP contribution >= 0.6 is 11.3 Å². The Morgan fingerprint density at radius 2 is 2.11 bits per heavy atom. The quantitative estimate of drug-likeness (QED) is 0.854. The lowest BCUT2D eigenvalue weighted by Crippen LogP contribution is -2.41. The Morgan fingerprint density at radius 3 is 2.81 bits per heavy atom. The number of amides is 2. The van der Waals surface area contributed by atoms with Crippen LogP contribution in [0.2, 0.25) is 0 Å². The van der Waals surface area contributed by atoms with Gasteiger partial charge in [0.15, 0.2) is 11.6 Å². The molecule has 9 heteroatoms. The van der Waals surface area contributed by atoms with Gasteiger partial charge in [0.2, 0.25) is 5.91 Å². The summed E-state index contributed by atoms with van der Waals surface area (Å²) in [6.07, 6.45) is -0.129. The van der Waals surface area contributed by atoms with Crippen molar-refractivity contribution in [2.75, 3.05) is 13.1 Å². The van der Waals surface area contributed by atoms with E-state index in [1.807, 2.05) is 29.2 Å². The number of nitrogens with zero attached hydrogens (tertiary/aromatic N) is 5. The van der Waals surface area contributed by atoms with Crippen LogP contribution in [0.1, 0.15) is 48.3 Å². The smallest absolute Gasteiger partial charge is 0.255 e. The Hall–Kier alpha value is -2.26. The lowest BCUT2D eigenvalue weighted by molar-refractivity contribution is -0.136. The maximum absolute atomic E-state index is 12.9. The second-order valence-electron chi connectivity index (χ2n) is 7.42. The van der Waals surface area contributed by atoms with Crippen LogP contribution in [0.3, 0.4) is 0 Å². The first-order chi connectivity index (χ1) is 13.0. The lowest BCUT2D eigenvalue weighted by atomic mass is 10.1. The molecule has 1 saturated heterocycles. The summed E-state index contributed by atoms with van der Waals surface area (Å²) in [4.78, 5) is 28.6. The van der Waals surface area contributed by atoms with Gasteiger partial charge in [-0.3, -0.25) is 9.59 Å². The third-order valence-electron chi connectivity index (χ3n) is 5.19. The van der Waals surface area contributed by atoms with Gasteiger partial charge < -0.3 is 19.5 Å². The summed E-state index contributed by atoms with van der Waals surface area (Å²) in [6.45, 7) is 5.70. The minimum absolute atomic E-state index is 0.0531. The number of rotatable bonds is 3. The summed E-state index contributed by atoms with van der Waals surface area (Å²) in [5.41, 5.74) is 0.631. The van der Waals surface area contributed by atoms with Gasteiger partial charge in [-0.25, -0.2) is 0 Å². The Balaban J connectivity index is 1.59. The highest BCUT2D eigenvalue weighted by molar-refractivity contribution is 7.08. The van der Waals surface area contributed by atoms with Crippen molar-refractivity contribution in [1.82, 2.24) is 24.6 Å². The molecule has 2 aliphatic heterocycles. The van der Waals surface area contributed by atoms with Crippen molar-refractivity contribution in [3.05, 3.63) is 34.0 Å². The summed E-state index contributed by atoms with van der Waals surface area (Å²) in [5, 5.41) is 22.5. The fourth-order valence-corrected chi connectivity index (χ4v) is 4.44. The first-order valence-corrected chi connectivity index (χ1v) is 10.1. The zero-order valence-electron chi connectivity index (χ0n) is 15.4. The molecule has 2 aromatic heterocycles. The highest BCUT2D eigenvalue weighted by atomic mass is 32.1. The van der Waals surface area contributed by atoms with Crippen molar-refractivity contribution in [2.45, 2.75) is 45.5 Å². The predicted octanol–water partition coefficient (Wildman–Crippen LogP) is 1.29. The average molecular weight is 389 g/mol. The molecule has 2 aromatic rings. The van der Waals surface area contributed by atoms with E-state index in [0.717, 1.165) is 5.82 Å². The number of hydrogen-bond donors (Lipinski definition) is 1. The van der Waals surface area contributed by atoms with Crippen molar-refractivity contribution in [1.29, 1.82) is 0 Å². The van der Waals surface area contributed by atoms with Crippen LogP contribution in [0.5, 0.6) is 0 Å². The van der Waals surface area contributed by atoms with Crippen molar-refractivity contribution >= 4 is 23.2 Å². The fraction of sp³-hybridized carbons (Fsp3) is 0.556. The lowest BCUT2D eigenvalue weighted by Gasteiger charge is -2.30. The van der Waals surface area contributed by atoms with Crippen molar-refractivity contribution in [2.24, 2.45) is 5.92 Å². The molecule has 4 rings (SSSR count). The number of carbonyl (C=O) groups excluding carboxylic acids is 2. The normalized spacial score (nSPS) is 22.4. The molecule has 0 radical (unpaired) electrons. The summed E-state index contributed by atoms with van der Waals surface area (Å²) in [6, 6.07) is 1.49. The largest absolute Gasteiger partial charge is 0.391 e. The highest BCUT2D eigenvalue weighted by Crippen LogP contribution is 2.34. The number of likely N-dealkylation sites (tertiary alicyclic amines) is 1. The number of aliphatic hydroxyl groups excluding tert-OH is 1.